The van der Waals surface area contributed by atoms with Gasteiger partial charge in [0.15, 0.2) is 0 Å². The molecule has 0 spiro atoms. The predicted molar refractivity (Wildman–Crippen MR) is 140 cm³/mol. The van der Waals surface area contributed by atoms with Crippen LogP contribution in [0.25, 0.3) is 10.9 Å². The van der Waals surface area contributed by atoms with Gasteiger partial charge in [0.1, 0.15) is 36.8 Å². The lowest BCUT2D eigenvalue weighted by Gasteiger charge is -2.41. The maximum absolute atomic E-state index is 12.5. The van der Waals surface area contributed by atoms with Gasteiger partial charge < -0.3 is 50.2 Å². The van der Waals surface area contributed by atoms with Crippen molar-refractivity contribution in [3.8, 4) is 5.75 Å². The van der Waals surface area contributed by atoms with Gasteiger partial charge in [0.25, 0.3) is 0 Å². The Morgan fingerprint density at radius 1 is 1.15 bits per heavy atom. The van der Waals surface area contributed by atoms with Crippen LogP contribution in [-0.2, 0) is 29.8 Å². The van der Waals surface area contributed by atoms with E-state index in [0.29, 0.717) is 13.0 Å². The van der Waals surface area contributed by atoms with E-state index in [1.165, 1.54) is 19.1 Å². The SMILES string of the molecule is CC(=O)NCCc1c[nH]c2ccc(O[C@@H]3OC(COC(=O)c4ccccc4N)[C@@H](O)[C@H](OP(=O)(O)O)C3O)cc12. The second-order valence-corrected chi connectivity index (χ2v) is 10.3. The number of aromatic amines is 1. The van der Waals surface area contributed by atoms with Crippen LogP contribution in [0, 0.1) is 0 Å². The van der Waals surface area contributed by atoms with Crippen LogP contribution in [0.3, 0.4) is 0 Å². The summed E-state index contributed by atoms with van der Waals surface area (Å²) in [5.41, 5.74) is 7.68. The van der Waals surface area contributed by atoms with Crippen molar-refractivity contribution in [2.24, 2.45) is 0 Å². The number of aliphatic hydroxyl groups is 2. The maximum atomic E-state index is 12.5. The number of para-hydroxylation sites is 1. The minimum absolute atomic E-state index is 0.0674. The van der Waals surface area contributed by atoms with E-state index < -0.39 is 51.1 Å². The number of nitrogen functional groups attached to an aromatic ring is 1. The third-order valence-corrected chi connectivity index (χ3v) is 6.74. The minimum atomic E-state index is -5.18. The largest absolute Gasteiger partial charge is 0.470 e. The first-order valence-electron chi connectivity index (χ1n) is 12.2. The summed E-state index contributed by atoms with van der Waals surface area (Å²) in [5, 5.41) is 25.0. The standard InChI is InChI=1S/C25H30N3O11P/c1-13(29)27-9-8-14-11-28-19-7-6-15(10-17(14)19)37-25-22(31)23(39-40(33,34)35)21(30)20(38-25)12-36-24(32)16-4-2-3-5-18(16)26/h2-7,10-11,20-23,25,28,30-31H,8-9,12,26H2,1H3,(H,27,29)(H2,33,34,35)/t20?,21-,22?,23+,25-/m1/s1. The molecule has 14 nitrogen and oxygen atoms in total. The number of benzene rings is 2. The number of ether oxygens (including phenoxy) is 3. The zero-order valence-corrected chi connectivity index (χ0v) is 22.2. The van der Waals surface area contributed by atoms with Crippen LogP contribution in [0.2, 0.25) is 0 Å². The summed E-state index contributed by atoms with van der Waals surface area (Å²) < 4.78 is 32.9. The number of anilines is 1. The van der Waals surface area contributed by atoms with E-state index in [0.717, 1.165) is 16.5 Å². The summed E-state index contributed by atoms with van der Waals surface area (Å²) in [6.07, 6.45) is -6.18. The molecule has 2 heterocycles. The van der Waals surface area contributed by atoms with Crippen LogP contribution in [0.15, 0.2) is 48.7 Å². The number of nitrogens with one attached hydrogen (secondary N) is 2. The number of amides is 1. The van der Waals surface area contributed by atoms with Crippen molar-refractivity contribution >= 4 is 36.3 Å². The van der Waals surface area contributed by atoms with Gasteiger partial charge in [-0.2, -0.15) is 0 Å². The quantitative estimate of drug-likeness (QED) is 0.0996. The number of phosphoric acid groups is 1. The van der Waals surface area contributed by atoms with Gasteiger partial charge in [0.2, 0.25) is 12.2 Å². The van der Waals surface area contributed by atoms with E-state index in [1.54, 1.807) is 36.5 Å². The molecule has 0 bridgehead atoms. The molecule has 5 atom stereocenters. The van der Waals surface area contributed by atoms with E-state index in [-0.39, 0.29) is 22.9 Å². The first-order chi connectivity index (χ1) is 18.9. The molecule has 1 amide bonds. The zero-order chi connectivity index (χ0) is 29.0. The molecule has 1 aromatic heterocycles. The fourth-order valence-corrected chi connectivity index (χ4v) is 4.85. The molecule has 4 rings (SSSR count). The number of hydrogen-bond donors (Lipinski definition) is 7. The molecule has 8 N–H and O–H groups in total. The van der Waals surface area contributed by atoms with Gasteiger partial charge in [-0.3, -0.25) is 9.32 Å². The first kappa shape index (κ1) is 29.5. The van der Waals surface area contributed by atoms with Gasteiger partial charge in [-0.05, 0) is 42.3 Å². The molecule has 0 saturated carbocycles. The van der Waals surface area contributed by atoms with Crippen molar-refractivity contribution in [3.05, 3.63) is 59.8 Å². The van der Waals surface area contributed by atoms with Crippen LogP contribution in [0.4, 0.5) is 5.69 Å². The van der Waals surface area contributed by atoms with E-state index in [4.69, 9.17) is 19.9 Å². The van der Waals surface area contributed by atoms with Gasteiger partial charge in [0, 0.05) is 36.3 Å². The number of phosphoric ester groups is 1. The number of rotatable bonds is 10. The number of carbonyl (C=O) groups excluding carboxylic acids is 2. The lowest BCUT2D eigenvalue weighted by molar-refractivity contribution is -0.274. The van der Waals surface area contributed by atoms with Crippen LogP contribution in [-0.4, -0.2) is 80.7 Å². The van der Waals surface area contributed by atoms with Crippen LogP contribution < -0.4 is 15.8 Å². The van der Waals surface area contributed by atoms with Gasteiger partial charge >= 0.3 is 13.8 Å². The molecule has 40 heavy (non-hydrogen) atoms. The molecule has 0 radical (unpaired) electrons. The number of nitrogens with two attached hydrogens (primary N) is 1. The highest BCUT2D eigenvalue weighted by Crippen LogP contribution is 2.41. The molecule has 15 heteroatoms. The summed E-state index contributed by atoms with van der Waals surface area (Å²) in [7, 11) is -5.18. The second-order valence-electron chi connectivity index (χ2n) is 9.14. The van der Waals surface area contributed by atoms with Crippen molar-refractivity contribution in [1.82, 2.24) is 10.3 Å². The first-order valence-corrected chi connectivity index (χ1v) is 13.7. The Hall–Kier alpha value is -3.49. The minimum Gasteiger partial charge on any atom is -0.462 e. The van der Waals surface area contributed by atoms with Gasteiger partial charge in [-0.25, -0.2) is 9.36 Å². The average Bonchev–Trinajstić information content (AvgIpc) is 3.29. The molecule has 1 saturated heterocycles. The normalized spacial score (nSPS) is 23.1. The smallest absolute Gasteiger partial charge is 0.462 e. The van der Waals surface area contributed by atoms with E-state index in [9.17, 15) is 34.2 Å². The lowest BCUT2D eigenvalue weighted by atomic mass is 9.99. The van der Waals surface area contributed by atoms with E-state index in [1.807, 2.05) is 0 Å². The molecule has 2 unspecified atom stereocenters. The Balaban J connectivity index is 1.53. The second kappa shape index (κ2) is 12.4. The number of aromatic nitrogens is 1. The Bertz CT molecular complexity index is 1410. The molecule has 1 fully saturated rings. The zero-order valence-electron chi connectivity index (χ0n) is 21.3. The molecular weight excluding hydrogens is 549 g/mol. The van der Waals surface area contributed by atoms with Crippen LogP contribution >= 0.6 is 7.82 Å². The van der Waals surface area contributed by atoms with Crippen molar-refractivity contribution in [2.75, 3.05) is 18.9 Å². The summed E-state index contributed by atoms with van der Waals surface area (Å²) in [5.74, 6) is -0.764. The molecule has 3 aromatic rings. The molecule has 1 aliphatic heterocycles. The summed E-state index contributed by atoms with van der Waals surface area (Å²) in [6.45, 7) is 1.25. The topological polar surface area (TPSA) is 223 Å². The van der Waals surface area contributed by atoms with Gasteiger partial charge in [0.05, 0.1) is 5.56 Å². The van der Waals surface area contributed by atoms with Gasteiger partial charge in [-0.15, -0.1) is 0 Å². The molecule has 0 aliphatic carbocycles. The van der Waals surface area contributed by atoms with Crippen molar-refractivity contribution in [3.63, 3.8) is 0 Å². The molecular formula is C25H30N3O11P. The monoisotopic (exact) mass is 579 g/mol. The lowest BCUT2D eigenvalue weighted by Crippen LogP contribution is -2.61. The number of hydrogen-bond acceptors (Lipinski definition) is 10. The highest BCUT2D eigenvalue weighted by atomic mass is 31.2. The Kier molecular flexibility index (Phi) is 9.11. The van der Waals surface area contributed by atoms with Crippen molar-refractivity contribution in [1.29, 1.82) is 0 Å². The average molecular weight is 579 g/mol. The van der Waals surface area contributed by atoms with Crippen LogP contribution in [0.5, 0.6) is 5.75 Å². The Morgan fingerprint density at radius 2 is 1.90 bits per heavy atom. The van der Waals surface area contributed by atoms with Crippen LogP contribution in [0.1, 0.15) is 22.8 Å². The molecule has 1 aliphatic rings. The molecule has 216 valence electrons. The number of esters is 1. The maximum Gasteiger partial charge on any atom is 0.470 e. The fraction of sp³-hybridized carbons (Fsp3) is 0.360. The summed E-state index contributed by atoms with van der Waals surface area (Å²) in [6, 6.07) is 11.1. The predicted octanol–water partition coefficient (Wildman–Crippen LogP) is 0.589. The third kappa shape index (κ3) is 7.17. The Morgan fingerprint density at radius 3 is 2.60 bits per heavy atom. The van der Waals surface area contributed by atoms with Gasteiger partial charge in [-0.1, -0.05) is 12.1 Å². The van der Waals surface area contributed by atoms with Crippen molar-refractivity contribution in [2.45, 2.75) is 44.1 Å². The number of aliphatic hydroxyl groups excluding tert-OH is 2. The number of carbonyl (C=O) groups is 2. The van der Waals surface area contributed by atoms with E-state index in [2.05, 4.69) is 14.8 Å². The van der Waals surface area contributed by atoms with Crippen molar-refractivity contribution < 1.29 is 52.9 Å². The highest BCUT2D eigenvalue weighted by molar-refractivity contribution is 7.46. The Labute approximate surface area is 228 Å². The fourth-order valence-electron chi connectivity index (χ4n) is 4.28. The number of H-pyrrole nitrogens is 1. The number of fused-ring (bicyclic) bond motifs is 1. The summed E-state index contributed by atoms with van der Waals surface area (Å²) >= 11 is 0. The summed E-state index contributed by atoms with van der Waals surface area (Å²) in [4.78, 5) is 45.5. The third-order valence-electron chi connectivity index (χ3n) is 6.22. The highest BCUT2D eigenvalue weighted by Gasteiger charge is 2.49. The van der Waals surface area contributed by atoms with E-state index >= 15 is 0 Å². The molecule has 2 aromatic carbocycles.